The molecule has 2 nitrogen and oxygen atoms in total. The van der Waals surface area contributed by atoms with Gasteiger partial charge in [-0.05, 0) is 24.6 Å². The molecule has 0 bridgehead atoms. The van der Waals surface area contributed by atoms with Gasteiger partial charge in [-0.3, -0.25) is 0 Å². The predicted molar refractivity (Wildman–Crippen MR) is 79.2 cm³/mol. The van der Waals surface area contributed by atoms with Crippen molar-refractivity contribution in [3.63, 3.8) is 0 Å². The van der Waals surface area contributed by atoms with E-state index in [1.54, 1.807) is 0 Å². The Morgan fingerprint density at radius 1 is 1.35 bits per heavy atom. The van der Waals surface area contributed by atoms with Crippen LogP contribution in [-0.4, -0.2) is 23.6 Å². The third-order valence-electron chi connectivity index (χ3n) is 3.15. The molecule has 0 amide bonds. The molecule has 1 aliphatic rings. The van der Waals surface area contributed by atoms with Gasteiger partial charge in [0.05, 0.1) is 10.7 Å². The fourth-order valence-corrected chi connectivity index (χ4v) is 3.45. The quantitative estimate of drug-likeness (QED) is 0.790. The van der Waals surface area contributed by atoms with E-state index >= 15 is 0 Å². The molecule has 1 aliphatic heterocycles. The van der Waals surface area contributed by atoms with Crippen molar-refractivity contribution >= 4 is 34.7 Å². The average molecular weight is 271 g/mol. The van der Waals surface area contributed by atoms with Crippen LogP contribution in [0.4, 0.5) is 11.4 Å². The largest absolute Gasteiger partial charge is 0.399 e. The molecule has 0 spiro atoms. The lowest BCUT2D eigenvalue weighted by atomic mass is 10.1. The number of hydrogen-bond acceptors (Lipinski definition) is 3. The molecule has 1 heterocycles. The van der Waals surface area contributed by atoms with E-state index in [1.165, 1.54) is 6.42 Å². The van der Waals surface area contributed by atoms with Gasteiger partial charge in [-0.1, -0.05) is 25.4 Å². The molecule has 1 saturated heterocycles. The molecule has 2 rings (SSSR count). The fraction of sp³-hybridized carbons (Fsp3) is 0.538. The highest BCUT2D eigenvalue weighted by Crippen LogP contribution is 2.34. The highest BCUT2D eigenvalue weighted by molar-refractivity contribution is 8.00. The van der Waals surface area contributed by atoms with Gasteiger partial charge in [0.1, 0.15) is 0 Å². The second kappa shape index (κ2) is 4.99. The van der Waals surface area contributed by atoms with Crippen LogP contribution in [0.5, 0.6) is 0 Å². The summed E-state index contributed by atoms with van der Waals surface area (Å²) in [4.78, 5) is 2.36. The lowest BCUT2D eigenvalue weighted by molar-refractivity contribution is 0.638. The SMILES string of the molecule is CC1(C)CCN(c2ccc(N)cc2Cl)CCS1. The number of anilines is 2. The van der Waals surface area contributed by atoms with Crippen LogP contribution in [0.2, 0.25) is 5.02 Å². The third-order valence-corrected chi connectivity index (χ3v) is 4.83. The van der Waals surface area contributed by atoms with Crippen LogP contribution in [0, 0.1) is 0 Å². The summed E-state index contributed by atoms with van der Waals surface area (Å²) in [6, 6.07) is 5.78. The van der Waals surface area contributed by atoms with Crippen molar-refractivity contribution in [1.82, 2.24) is 0 Å². The van der Waals surface area contributed by atoms with Gasteiger partial charge in [-0.2, -0.15) is 11.8 Å². The minimum Gasteiger partial charge on any atom is -0.399 e. The van der Waals surface area contributed by atoms with Crippen LogP contribution in [0.1, 0.15) is 20.3 Å². The zero-order chi connectivity index (χ0) is 12.5. The summed E-state index contributed by atoms with van der Waals surface area (Å²) in [6.07, 6.45) is 1.18. The Labute approximate surface area is 113 Å². The molecule has 1 aromatic rings. The molecular formula is C13H19ClN2S. The average Bonchev–Trinajstić information content (AvgIpc) is 2.40. The Morgan fingerprint density at radius 3 is 2.82 bits per heavy atom. The molecule has 2 N–H and O–H groups in total. The Kier molecular flexibility index (Phi) is 3.79. The van der Waals surface area contributed by atoms with E-state index in [1.807, 2.05) is 30.0 Å². The molecule has 17 heavy (non-hydrogen) atoms. The maximum atomic E-state index is 6.26. The van der Waals surface area contributed by atoms with Crippen molar-refractivity contribution in [2.24, 2.45) is 0 Å². The lowest BCUT2D eigenvalue weighted by Crippen LogP contribution is -2.27. The van der Waals surface area contributed by atoms with E-state index in [2.05, 4.69) is 18.7 Å². The van der Waals surface area contributed by atoms with Crippen molar-refractivity contribution in [2.75, 3.05) is 29.5 Å². The molecular weight excluding hydrogens is 252 g/mol. The van der Waals surface area contributed by atoms with Gasteiger partial charge in [0.2, 0.25) is 0 Å². The van der Waals surface area contributed by atoms with Crippen molar-refractivity contribution in [3.8, 4) is 0 Å². The first-order valence-corrected chi connectivity index (χ1v) is 7.28. The maximum Gasteiger partial charge on any atom is 0.0660 e. The first-order valence-electron chi connectivity index (χ1n) is 5.92. The van der Waals surface area contributed by atoms with E-state index in [4.69, 9.17) is 17.3 Å². The Balaban J connectivity index is 2.17. The van der Waals surface area contributed by atoms with Crippen LogP contribution in [-0.2, 0) is 0 Å². The van der Waals surface area contributed by atoms with Crippen molar-refractivity contribution < 1.29 is 0 Å². The molecule has 1 fully saturated rings. The number of hydrogen-bond donors (Lipinski definition) is 1. The lowest BCUT2D eigenvalue weighted by Gasteiger charge is -2.25. The molecule has 0 aliphatic carbocycles. The highest BCUT2D eigenvalue weighted by atomic mass is 35.5. The number of rotatable bonds is 1. The molecule has 0 atom stereocenters. The topological polar surface area (TPSA) is 29.3 Å². The number of thioether (sulfide) groups is 1. The van der Waals surface area contributed by atoms with Crippen LogP contribution in [0.25, 0.3) is 0 Å². The molecule has 0 unspecified atom stereocenters. The highest BCUT2D eigenvalue weighted by Gasteiger charge is 2.24. The summed E-state index contributed by atoms with van der Waals surface area (Å²) in [5.41, 5.74) is 7.56. The number of benzene rings is 1. The number of nitrogens with zero attached hydrogens (tertiary/aromatic N) is 1. The van der Waals surface area contributed by atoms with Crippen LogP contribution in [0.3, 0.4) is 0 Å². The van der Waals surface area contributed by atoms with Gasteiger partial charge in [-0.15, -0.1) is 0 Å². The number of nitrogen functional groups attached to an aromatic ring is 1. The van der Waals surface area contributed by atoms with Gasteiger partial charge < -0.3 is 10.6 Å². The van der Waals surface area contributed by atoms with Crippen LogP contribution in [0.15, 0.2) is 18.2 Å². The van der Waals surface area contributed by atoms with Gasteiger partial charge in [0.25, 0.3) is 0 Å². The van der Waals surface area contributed by atoms with Crippen molar-refractivity contribution in [2.45, 2.75) is 25.0 Å². The molecule has 0 saturated carbocycles. The first kappa shape index (κ1) is 12.9. The standard InChI is InChI=1S/C13H19ClN2S/c1-13(2)5-6-16(7-8-17-13)12-4-3-10(15)9-11(12)14/h3-4,9H,5-8,15H2,1-2H3. The van der Waals surface area contributed by atoms with Crippen LogP contribution < -0.4 is 10.6 Å². The number of nitrogens with two attached hydrogens (primary N) is 1. The summed E-state index contributed by atoms with van der Waals surface area (Å²) in [5, 5.41) is 0.759. The summed E-state index contributed by atoms with van der Waals surface area (Å²) in [5.74, 6) is 1.15. The van der Waals surface area contributed by atoms with Gasteiger partial charge in [-0.25, -0.2) is 0 Å². The van der Waals surface area contributed by atoms with Gasteiger partial charge in [0, 0.05) is 29.3 Å². The van der Waals surface area contributed by atoms with Gasteiger partial charge in [0.15, 0.2) is 0 Å². The molecule has 0 aromatic heterocycles. The maximum absolute atomic E-state index is 6.26. The summed E-state index contributed by atoms with van der Waals surface area (Å²) < 4.78 is 0.370. The monoisotopic (exact) mass is 270 g/mol. The fourth-order valence-electron chi connectivity index (χ4n) is 2.04. The van der Waals surface area contributed by atoms with E-state index < -0.39 is 0 Å². The van der Waals surface area contributed by atoms with E-state index in [0.717, 1.165) is 35.2 Å². The van der Waals surface area contributed by atoms with Crippen molar-refractivity contribution in [1.29, 1.82) is 0 Å². The first-order chi connectivity index (χ1) is 7.98. The zero-order valence-electron chi connectivity index (χ0n) is 10.4. The summed E-state index contributed by atoms with van der Waals surface area (Å²) >= 11 is 8.30. The number of halogens is 1. The molecule has 0 radical (unpaired) electrons. The van der Waals surface area contributed by atoms with Crippen molar-refractivity contribution in [3.05, 3.63) is 23.2 Å². The Bertz CT molecular complexity index is 406. The molecule has 94 valence electrons. The smallest absolute Gasteiger partial charge is 0.0660 e. The second-order valence-electron chi connectivity index (χ2n) is 5.06. The zero-order valence-corrected chi connectivity index (χ0v) is 11.9. The van der Waals surface area contributed by atoms with E-state index in [-0.39, 0.29) is 0 Å². The summed E-state index contributed by atoms with van der Waals surface area (Å²) in [7, 11) is 0. The minimum atomic E-state index is 0.370. The Hall–Kier alpha value is -0.540. The third kappa shape index (κ3) is 3.23. The molecule has 1 aromatic carbocycles. The van der Waals surface area contributed by atoms with E-state index in [9.17, 15) is 0 Å². The van der Waals surface area contributed by atoms with E-state index in [0.29, 0.717) is 4.75 Å². The van der Waals surface area contributed by atoms with Gasteiger partial charge >= 0.3 is 0 Å². The van der Waals surface area contributed by atoms with Crippen LogP contribution >= 0.6 is 23.4 Å². The second-order valence-corrected chi connectivity index (χ2v) is 7.27. The summed E-state index contributed by atoms with van der Waals surface area (Å²) in [6.45, 7) is 6.74. The Morgan fingerprint density at radius 2 is 2.12 bits per heavy atom. The molecule has 4 heteroatoms. The minimum absolute atomic E-state index is 0.370. The predicted octanol–water partition coefficient (Wildman–Crippen LogP) is 3.64. The normalized spacial score (nSPS) is 20.1.